The van der Waals surface area contributed by atoms with Gasteiger partial charge in [0.2, 0.25) is 0 Å². The van der Waals surface area contributed by atoms with Gasteiger partial charge in [0.1, 0.15) is 0 Å². The maximum Gasteiger partial charge on any atom is 0.0319 e. The summed E-state index contributed by atoms with van der Waals surface area (Å²) >= 11 is 3.48. The summed E-state index contributed by atoms with van der Waals surface area (Å²) in [7, 11) is 0. The zero-order valence-electron chi connectivity index (χ0n) is 9.25. The normalized spacial score (nSPS) is 20.1. The molecule has 1 aromatic carbocycles. The molecule has 1 atom stereocenters. The molecule has 0 bridgehead atoms. The molecular formula is C13H18BrN. The van der Waals surface area contributed by atoms with Gasteiger partial charge in [-0.25, -0.2) is 0 Å². The predicted octanol–water partition coefficient (Wildman–Crippen LogP) is 4.00. The Bertz CT molecular complexity index is 301. The van der Waals surface area contributed by atoms with E-state index < -0.39 is 0 Å². The first-order valence-corrected chi connectivity index (χ1v) is 6.56. The van der Waals surface area contributed by atoms with Crippen molar-refractivity contribution in [1.29, 1.82) is 0 Å². The Morgan fingerprint density at radius 2 is 1.67 bits per heavy atom. The molecular weight excluding hydrogens is 250 g/mol. The summed E-state index contributed by atoms with van der Waals surface area (Å²) in [6.45, 7) is 4.84. The number of hydrogen-bond acceptors (Lipinski definition) is 1. The second kappa shape index (κ2) is 5.13. The standard InChI is InChI=1S/C13H18BrN/c1-11(15-9-3-2-4-10-15)12-5-7-13(14)8-6-12/h5-8,11H,2-4,9-10H2,1H3. The first-order valence-electron chi connectivity index (χ1n) is 5.77. The summed E-state index contributed by atoms with van der Waals surface area (Å²) in [6, 6.07) is 9.29. The lowest BCUT2D eigenvalue weighted by molar-refractivity contribution is 0.175. The first kappa shape index (κ1) is 11.2. The summed E-state index contributed by atoms with van der Waals surface area (Å²) in [5, 5.41) is 0. The van der Waals surface area contributed by atoms with E-state index >= 15 is 0 Å². The highest BCUT2D eigenvalue weighted by Gasteiger charge is 2.17. The monoisotopic (exact) mass is 267 g/mol. The summed E-state index contributed by atoms with van der Waals surface area (Å²) in [4.78, 5) is 2.59. The Balaban J connectivity index is 2.05. The van der Waals surface area contributed by atoms with Crippen LogP contribution in [0.5, 0.6) is 0 Å². The molecule has 2 heteroatoms. The molecule has 0 spiro atoms. The van der Waals surface area contributed by atoms with E-state index in [4.69, 9.17) is 0 Å². The maximum atomic E-state index is 3.48. The molecule has 0 radical (unpaired) electrons. The minimum absolute atomic E-state index is 0.568. The Hall–Kier alpha value is -0.340. The van der Waals surface area contributed by atoms with Crippen LogP contribution in [0.3, 0.4) is 0 Å². The van der Waals surface area contributed by atoms with Crippen molar-refractivity contribution in [2.75, 3.05) is 13.1 Å². The van der Waals surface area contributed by atoms with Gasteiger partial charge in [-0.3, -0.25) is 4.90 Å². The lowest BCUT2D eigenvalue weighted by Gasteiger charge is -2.32. The molecule has 0 saturated carbocycles. The third-order valence-corrected chi connectivity index (χ3v) is 3.82. The fourth-order valence-electron chi connectivity index (χ4n) is 2.26. The molecule has 1 heterocycles. The van der Waals surface area contributed by atoms with E-state index in [9.17, 15) is 0 Å². The quantitative estimate of drug-likeness (QED) is 0.783. The Morgan fingerprint density at radius 3 is 2.27 bits per heavy atom. The van der Waals surface area contributed by atoms with E-state index in [0.29, 0.717) is 6.04 Å². The average molecular weight is 268 g/mol. The Labute approximate surface area is 101 Å². The van der Waals surface area contributed by atoms with Crippen molar-refractivity contribution < 1.29 is 0 Å². The van der Waals surface area contributed by atoms with Crippen molar-refractivity contribution in [3.63, 3.8) is 0 Å². The van der Waals surface area contributed by atoms with Crippen LogP contribution in [-0.4, -0.2) is 18.0 Å². The van der Waals surface area contributed by atoms with Crippen LogP contribution in [0.25, 0.3) is 0 Å². The summed E-state index contributed by atoms with van der Waals surface area (Å²) < 4.78 is 1.16. The molecule has 0 N–H and O–H groups in total. The van der Waals surface area contributed by atoms with E-state index in [2.05, 4.69) is 52.0 Å². The number of likely N-dealkylation sites (tertiary alicyclic amines) is 1. The third-order valence-electron chi connectivity index (χ3n) is 3.29. The van der Waals surface area contributed by atoms with Crippen molar-refractivity contribution >= 4 is 15.9 Å². The number of piperidine rings is 1. The smallest absolute Gasteiger partial charge is 0.0319 e. The van der Waals surface area contributed by atoms with Crippen molar-refractivity contribution in [2.24, 2.45) is 0 Å². The van der Waals surface area contributed by atoms with Crippen molar-refractivity contribution in [2.45, 2.75) is 32.2 Å². The van der Waals surface area contributed by atoms with Crippen LogP contribution in [0, 0.1) is 0 Å². The predicted molar refractivity (Wildman–Crippen MR) is 68.0 cm³/mol. The molecule has 1 aliphatic heterocycles. The zero-order chi connectivity index (χ0) is 10.7. The van der Waals surface area contributed by atoms with Gasteiger partial charge < -0.3 is 0 Å². The van der Waals surface area contributed by atoms with Crippen LogP contribution >= 0.6 is 15.9 Å². The van der Waals surface area contributed by atoms with Crippen molar-refractivity contribution in [3.05, 3.63) is 34.3 Å². The minimum Gasteiger partial charge on any atom is -0.297 e. The van der Waals surface area contributed by atoms with Crippen LogP contribution in [-0.2, 0) is 0 Å². The average Bonchev–Trinajstić information content (AvgIpc) is 2.30. The summed E-state index contributed by atoms with van der Waals surface area (Å²) in [6.07, 6.45) is 4.13. The topological polar surface area (TPSA) is 3.24 Å². The zero-order valence-corrected chi connectivity index (χ0v) is 10.8. The van der Waals surface area contributed by atoms with Gasteiger partial charge >= 0.3 is 0 Å². The van der Waals surface area contributed by atoms with Crippen LogP contribution in [0.1, 0.15) is 37.8 Å². The van der Waals surface area contributed by atoms with Gasteiger partial charge in [-0.2, -0.15) is 0 Å². The van der Waals surface area contributed by atoms with Crippen molar-refractivity contribution in [3.8, 4) is 0 Å². The number of nitrogens with zero attached hydrogens (tertiary/aromatic N) is 1. The summed E-state index contributed by atoms with van der Waals surface area (Å²) in [5.41, 5.74) is 1.43. The van der Waals surface area contributed by atoms with E-state index in [1.807, 2.05) is 0 Å². The van der Waals surface area contributed by atoms with Crippen LogP contribution < -0.4 is 0 Å². The van der Waals surface area contributed by atoms with Gasteiger partial charge in [0.05, 0.1) is 0 Å². The molecule has 82 valence electrons. The SMILES string of the molecule is CC(c1ccc(Br)cc1)N1CCCCC1. The Morgan fingerprint density at radius 1 is 1.07 bits per heavy atom. The number of hydrogen-bond donors (Lipinski definition) is 0. The lowest BCUT2D eigenvalue weighted by Crippen LogP contribution is -2.32. The molecule has 1 saturated heterocycles. The highest BCUT2D eigenvalue weighted by atomic mass is 79.9. The molecule has 1 unspecified atom stereocenters. The minimum atomic E-state index is 0.568. The molecule has 0 aliphatic carbocycles. The first-order chi connectivity index (χ1) is 7.27. The highest BCUT2D eigenvalue weighted by molar-refractivity contribution is 9.10. The second-order valence-corrected chi connectivity index (χ2v) is 5.24. The van der Waals surface area contributed by atoms with Gasteiger partial charge in [0.15, 0.2) is 0 Å². The van der Waals surface area contributed by atoms with Gasteiger partial charge in [0, 0.05) is 10.5 Å². The maximum absolute atomic E-state index is 3.48. The molecule has 1 nitrogen and oxygen atoms in total. The van der Waals surface area contributed by atoms with Gasteiger partial charge in [0.25, 0.3) is 0 Å². The lowest BCUT2D eigenvalue weighted by atomic mass is 10.0. The van der Waals surface area contributed by atoms with Crippen LogP contribution in [0.4, 0.5) is 0 Å². The van der Waals surface area contributed by atoms with E-state index in [0.717, 1.165) is 4.47 Å². The van der Waals surface area contributed by atoms with Crippen molar-refractivity contribution in [1.82, 2.24) is 4.90 Å². The van der Waals surface area contributed by atoms with E-state index in [1.54, 1.807) is 0 Å². The molecule has 15 heavy (non-hydrogen) atoms. The van der Waals surface area contributed by atoms with Gasteiger partial charge in [-0.05, 0) is 50.6 Å². The Kier molecular flexibility index (Phi) is 3.81. The molecule has 0 aromatic heterocycles. The number of rotatable bonds is 2. The van der Waals surface area contributed by atoms with E-state index in [-0.39, 0.29) is 0 Å². The van der Waals surface area contributed by atoms with Crippen LogP contribution in [0.15, 0.2) is 28.7 Å². The number of halogens is 1. The third kappa shape index (κ3) is 2.82. The van der Waals surface area contributed by atoms with Gasteiger partial charge in [-0.15, -0.1) is 0 Å². The van der Waals surface area contributed by atoms with E-state index in [1.165, 1.54) is 37.9 Å². The van der Waals surface area contributed by atoms with Gasteiger partial charge in [-0.1, -0.05) is 34.5 Å². The van der Waals surface area contributed by atoms with Crippen LogP contribution in [0.2, 0.25) is 0 Å². The largest absolute Gasteiger partial charge is 0.297 e. The molecule has 1 aromatic rings. The molecule has 1 fully saturated rings. The second-order valence-electron chi connectivity index (χ2n) is 4.32. The molecule has 0 amide bonds. The fraction of sp³-hybridized carbons (Fsp3) is 0.538. The fourth-order valence-corrected chi connectivity index (χ4v) is 2.52. The molecule has 1 aliphatic rings. The highest BCUT2D eigenvalue weighted by Crippen LogP contribution is 2.24. The molecule has 2 rings (SSSR count). The summed E-state index contributed by atoms with van der Waals surface area (Å²) in [5.74, 6) is 0. The number of benzene rings is 1.